The molecule has 176 valence electrons. The summed E-state index contributed by atoms with van der Waals surface area (Å²) in [5.74, 6) is 6.74. The smallest absolute Gasteiger partial charge is 0.228 e. The van der Waals surface area contributed by atoms with Gasteiger partial charge in [0.15, 0.2) is 15.4 Å². The number of halogens is 1. The largest absolute Gasteiger partial charge is 0.475 e. The number of hydrogen-bond donors (Lipinski definition) is 1. The van der Waals surface area contributed by atoms with Crippen LogP contribution in [0.5, 0.6) is 5.75 Å². The Labute approximate surface area is 206 Å². The van der Waals surface area contributed by atoms with Crippen LogP contribution in [0, 0.1) is 11.8 Å². The van der Waals surface area contributed by atoms with Crippen molar-refractivity contribution < 1.29 is 17.9 Å². The molecule has 0 saturated carbocycles. The summed E-state index contributed by atoms with van der Waals surface area (Å²) in [6.07, 6.45) is 0.143. The van der Waals surface area contributed by atoms with Crippen LogP contribution in [-0.2, 0) is 21.1 Å². The molecule has 0 saturated heterocycles. The van der Waals surface area contributed by atoms with Crippen molar-refractivity contribution in [3.63, 3.8) is 0 Å². The van der Waals surface area contributed by atoms with Gasteiger partial charge in [0.1, 0.15) is 5.75 Å². The fraction of sp³-hybridized carbons (Fsp3) is 0.222. The molecule has 5 nitrogen and oxygen atoms in total. The van der Waals surface area contributed by atoms with E-state index in [0.717, 1.165) is 11.1 Å². The van der Waals surface area contributed by atoms with E-state index >= 15 is 0 Å². The van der Waals surface area contributed by atoms with Crippen LogP contribution in [0.4, 0.5) is 5.69 Å². The lowest BCUT2D eigenvalue weighted by atomic mass is 10.1. The van der Waals surface area contributed by atoms with Crippen LogP contribution in [0.3, 0.4) is 0 Å². The van der Waals surface area contributed by atoms with Crippen LogP contribution < -0.4 is 10.1 Å². The SMILES string of the molecule is CCS(=O)(=O)c1ccc(CC(=O)Nc2ccc(C#CC(C)(C)Oc3ccc(Cl)cc3)cc2)cc1. The molecule has 1 amide bonds. The van der Waals surface area contributed by atoms with E-state index in [0.29, 0.717) is 16.5 Å². The molecule has 7 heteroatoms. The summed E-state index contributed by atoms with van der Waals surface area (Å²) in [5.41, 5.74) is 1.47. The fourth-order valence-corrected chi connectivity index (χ4v) is 4.06. The van der Waals surface area contributed by atoms with Gasteiger partial charge in [0.2, 0.25) is 5.91 Å². The van der Waals surface area contributed by atoms with E-state index in [1.807, 2.05) is 26.0 Å². The third-order valence-electron chi connectivity index (χ3n) is 4.89. The van der Waals surface area contributed by atoms with Crippen LogP contribution in [0.25, 0.3) is 0 Å². The van der Waals surface area contributed by atoms with E-state index in [1.54, 1.807) is 55.5 Å². The van der Waals surface area contributed by atoms with E-state index in [9.17, 15) is 13.2 Å². The lowest BCUT2D eigenvalue weighted by Gasteiger charge is -2.20. The highest BCUT2D eigenvalue weighted by atomic mass is 35.5. The summed E-state index contributed by atoms with van der Waals surface area (Å²) in [5, 5.41) is 3.48. The Balaban J connectivity index is 1.57. The molecule has 0 fully saturated rings. The molecule has 0 heterocycles. The summed E-state index contributed by atoms with van der Waals surface area (Å²) in [6.45, 7) is 5.37. The number of ether oxygens (including phenoxy) is 1. The zero-order chi connectivity index (χ0) is 24.8. The van der Waals surface area contributed by atoms with Crippen molar-refractivity contribution in [3.8, 4) is 17.6 Å². The molecule has 0 atom stereocenters. The van der Waals surface area contributed by atoms with Gasteiger partial charge < -0.3 is 10.1 Å². The average molecular weight is 496 g/mol. The quantitative estimate of drug-likeness (QED) is 0.438. The molecule has 0 aromatic heterocycles. The predicted molar refractivity (Wildman–Crippen MR) is 136 cm³/mol. The standard InChI is InChI=1S/C27H26ClNO4S/c1-4-34(31,32)25-15-7-21(8-16-25)19-26(30)29-23-11-5-20(6-12-23)17-18-27(2,3)33-24-13-9-22(28)10-14-24/h5-16H,4,19H2,1-3H3,(H,29,30). The van der Waals surface area contributed by atoms with Gasteiger partial charge in [0.05, 0.1) is 17.1 Å². The first-order valence-electron chi connectivity index (χ1n) is 10.8. The van der Waals surface area contributed by atoms with Crippen molar-refractivity contribution in [2.24, 2.45) is 0 Å². The Bertz CT molecular complexity index is 1300. The van der Waals surface area contributed by atoms with Crippen molar-refractivity contribution in [3.05, 3.63) is 88.9 Å². The zero-order valence-corrected chi connectivity index (χ0v) is 20.8. The number of benzene rings is 3. The van der Waals surface area contributed by atoms with Crippen molar-refractivity contribution in [1.82, 2.24) is 0 Å². The third kappa shape index (κ3) is 7.38. The van der Waals surface area contributed by atoms with E-state index in [-0.39, 0.29) is 23.0 Å². The number of sulfone groups is 1. The van der Waals surface area contributed by atoms with Crippen LogP contribution in [0.15, 0.2) is 77.7 Å². The van der Waals surface area contributed by atoms with Crippen molar-refractivity contribution in [2.45, 2.75) is 37.7 Å². The maximum Gasteiger partial charge on any atom is 0.228 e. The second-order valence-corrected chi connectivity index (χ2v) is 10.9. The second-order valence-electron chi connectivity index (χ2n) is 8.17. The molecule has 0 aliphatic carbocycles. The Morgan fingerprint density at radius 3 is 2.18 bits per heavy atom. The molecule has 0 unspecified atom stereocenters. The van der Waals surface area contributed by atoms with Crippen molar-refractivity contribution in [1.29, 1.82) is 0 Å². The van der Waals surface area contributed by atoms with Gasteiger partial charge in [-0.05, 0) is 80.1 Å². The van der Waals surface area contributed by atoms with Crippen LogP contribution in [-0.4, -0.2) is 25.7 Å². The van der Waals surface area contributed by atoms with Crippen molar-refractivity contribution >= 4 is 33.0 Å². The maximum atomic E-state index is 12.4. The molecule has 1 N–H and O–H groups in total. The minimum atomic E-state index is -3.25. The van der Waals surface area contributed by atoms with Crippen LogP contribution in [0.1, 0.15) is 31.9 Å². The second kappa shape index (κ2) is 10.8. The van der Waals surface area contributed by atoms with Gasteiger partial charge in [-0.1, -0.05) is 42.5 Å². The predicted octanol–water partition coefficient (Wildman–Crippen LogP) is 5.52. The summed E-state index contributed by atoms with van der Waals surface area (Å²) in [6, 6.07) is 20.7. The molecule has 3 rings (SSSR count). The number of nitrogens with one attached hydrogen (secondary N) is 1. The summed E-state index contributed by atoms with van der Waals surface area (Å²) < 4.78 is 29.7. The van der Waals surface area contributed by atoms with E-state index in [2.05, 4.69) is 17.2 Å². The molecule has 0 spiro atoms. The van der Waals surface area contributed by atoms with Crippen molar-refractivity contribution in [2.75, 3.05) is 11.1 Å². The third-order valence-corrected chi connectivity index (χ3v) is 6.89. The minimum Gasteiger partial charge on any atom is -0.475 e. The maximum absolute atomic E-state index is 12.4. The first-order chi connectivity index (χ1) is 16.1. The lowest BCUT2D eigenvalue weighted by molar-refractivity contribution is -0.115. The van der Waals surface area contributed by atoms with E-state index < -0.39 is 15.4 Å². The molecule has 0 aliphatic heterocycles. The topological polar surface area (TPSA) is 72.5 Å². The number of anilines is 1. The van der Waals surface area contributed by atoms with E-state index in [1.165, 1.54) is 12.1 Å². The van der Waals surface area contributed by atoms with Gasteiger partial charge in [0.25, 0.3) is 0 Å². The molecular weight excluding hydrogens is 470 g/mol. The van der Waals surface area contributed by atoms with Gasteiger partial charge in [0, 0.05) is 16.3 Å². The summed E-state index contributed by atoms with van der Waals surface area (Å²) in [7, 11) is -3.25. The average Bonchev–Trinajstić information content (AvgIpc) is 2.80. The molecule has 0 aliphatic rings. The lowest BCUT2D eigenvalue weighted by Crippen LogP contribution is -2.25. The number of hydrogen-bond acceptors (Lipinski definition) is 4. The first-order valence-corrected chi connectivity index (χ1v) is 12.8. The summed E-state index contributed by atoms with van der Waals surface area (Å²) in [4.78, 5) is 12.6. The molecule has 0 bridgehead atoms. The number of rotatable bonds is 7. The van der Waals surface area contributed by atoms with Gasteiger partial charge in [-0.3, -0.25) is 4.79 Å². The molecular formula is C27H26ClNO4S. The number of carbonyl (C=O) groups excluding carboxylic acids is 1. The molecule has 0 radical (unpaired) electrons. The molecule has 34 heavy (non-hydrogen) atoms. The highest BCUT2D eigenvalue weighted by Gasteiger charge is 2.16. The van der Waals surface area contributed by atoms with E-state index in [4.69, 9.17) is 16.3 Å². The monoisotopic (exact) mass is 495 g/mol. The minimum absolute atomic E-state index is 0.0417. The van der Waals surface area contributed by atoms with Crippen LogP contribution in [0.2, 0.25) is 5.02 Å². The van der Waals surface area contributed by atoms with Gasteiger partial charge >= 0.3 is 0 Å². The Kier molecular flexibility index (Phi) is 8.03. The highest BCUT2D eigenvalue weighted by Crippen LogP contribution is 2.21. The molecule has 3 aromatic carbocycles. The number of carbonyl (C=O) groups is 1. The highest BCUT2D eigenvalue weighted by molar-refractivity contribution is 7.91. The van der Waals surface area contributed by atoms with Gasteiger partial charge in [-0.15, -0.1) is 0 Å². The Morgan fingerprint density at radius 2 is 1.59 bits per heavy atom. The Hall–Kier alpha value is -3.27. The summed E-state index contributed by atoms with van der Waals surface area (Å²) >= 11 is 5.90. The van der Waals surface area contributed by atoms with Gasteiger partial charge in [-0.25, -0.2) is 8.42 Å². The zero-order valence-electron chi connectivity index (χ0n) is 19.3. The Morgan fingerprint density at radius 1 is 0.971 bits per heavy atom. The van der Waals surface area contributed by atoms with Crippen LogP contribution >= 0.6 is 11.6 Å². The fourth-order valence-electron chi connectivity index (χ4n) is 3.05. The first kappa shape index (κ1) is 25.4. The number of amides is 1. The van der Waals surface area contributed by atoms with Gasteiger partial charge in [-0.2, -0.15) is 0 Å². The molecule has 3 aromatic rings. The normalized spacial score (nSPS) is 11.3.